The Labute approximate surface area is 182 Å². The van der Waals surface area contributed by atoms with Crippen LogP contribution in [0.1, 0.15) is 28.4 Å². The number of para-hydroxylation sites is 1. The lowest BCUT2D eigenvalue weighted by Crippen LogP contribution is -2.30. The molecule has 30 heavy (non-hydrogen) atoms. The van der Waals surface area contributed by atoms with Crippen LogP contribution in [-0.4, -0.2) is 25.2 Å². The summed E-state index contributed by atoms with van der Waals surface area (Å²) in [5.41, 5.74) is 2.79. The Morgan fingerprint density at radius 1 is 0.967 bits per heavy atom. The summed E-state index contributed by atoms with van der Waals surface area (Å²) in [5.74, 6) is -0.283. The zero-order valence-corrected chi connectivity index (χ0v) is 18.4. The average Bonchev–Trinajstić information content (AvgIpc) is 2.74. The summed E-state index contributed by atoms with van der Waals surface area (Å²) in [4.78, 5) is 12.7. The number of hydrogen-bond donors (Lipinski definition) is 1. The van der Waals surface area contributed by atoms with Crippen LogP contribution in [0.5, 0.6) is 0 Å². The maximum absolute atomic E-state index is 12.9. The number of hydrogen-bond acceptors (Lipinski definition) is 3. The number of nitrogens with zero attached hydrogens (tertiary/aromatic N) is 1. The maximum Gasteiger partial charge on any atom is 0.255 e. The molecule has 1 amide bonds. The quantitative estimate of drug-likeness (QED) is 0.552. The molecule has 0 aliphatic heterocycles. The van der Waals surface area contributed by atoms with Gasteiger partial charge in [0.2, 0.25) is 10.0 Å². The van der Waals surface area contributed by atoms with E-state index in [1.165, 1.54) is 4.31 Å². The Morgan fingerprint density at radius 3 is 2.20 bits per heavy atom. The number of carbonyl (C=O) groups excluding carboxylic acids is 1. The van der Waals surface area contributed by atoms with E-state index in [1.807, 2.05) is 6.92 Å². The molecule has 3 aromatic carbocycles. The van der Waals surface area contributed by atoms with E-state index in [9.17, 15) is 13.2 Å². The fraction of sp³-hybridized carbons (Fsp3) is 0.174. The molecule has 0 saturated carbocycles. The molecule has 156 valence electrons. The molecule has 0 bridgehead atoms. The summed E-state index contributed by atoms with van der Waals surface area (Å²) in [7, 11) is -3.60. The lowest BCUT2D eigenvalue weighted by Gasteiger charge is -2.21. The molecule has 1 N–H and O–H groups in total. The Morgan fingerprint density at radius 2 is 1.60 bits per heavy atom. The molecule has 0 unspecified atom stereocenters. The van der Waals surface area contributed by atoms with E-state index in [0.29, 0.717) is 22.8 Å². The van der Waals surface area contributed by atoms with Crippen LogP contribution < -0.4 is 5.32 Å². The Hall–Kier alpha value is -2.67. The van der Waals surface area contributed by atoms with Gasteiger partial charge in [0.05, 0.1) is 15.6 Å². The topological polar surface area (TPSA) is 66.5 Å². The van der Waals surface area contributed by atoms with Crippen molar-refractivity contribution in [2.24, 2.45) is 0 Å². The average molecular weight is 443 g/mol. The third-order valence-electron chi connectivity index (χ3n) is 4.71. The molecule has 0 aliphatic carbocycles. The lowest BCUT2D eigenvalue weighted by atomic mass is 10.1. The van der Waals surface area contributed by atoms with Crippen LogP contribution >= 0.6 is 11.6 Å². The molecular weight excluding hydrogens is 420 g/mol. The number of nitrogens with one attached hydrogen (secondary N) is 1. The molecule has 0 spiro atoms. The van der Waals surface area contributed by atoms with Gasteiger partial charge in [-0.25, -0.2) is 8.42 Å². The van der Waals surface area contributed by atoms with Crippen LogP contribution in [-0.2, 0) is 16.6 Å². The summed E-state index contributed by atoms with van der Waals surface area (Å²) in [6.45, 7) is 4.28. The fourth-order valence-corrected chi connectivity index (χ4v) is 4.57. The number of amides is 1. The van der Waals surface area contributed by atoms with Gasteiger partial charge in [-0.2, -0.15) is 4.31 Å². The molecule has 3 rings (SSSR count). The van der Waals surface area contributed by atoms with E-state index < -0.39 is 10.0 Å². The number of anilines is 1. The van der Waals surface area contributed by atoms with Crippen molar-refractivity contribution in [1.29, 1.82) is 0 Å². The van der Waals surface area contributed by atoms with E-state index in [1.54, 1.807) is 79.7 Å². The minimum Gasteiger partial charge on any atom is -0.321 e. The number of benzene rings is 3. The summed E-state index contributed by atoms with van der Waals surface area (Å²) >= 11 is 6.08. The van der Waals surface area contributed by atoms with Gasteiger partial charge in [0.1, 0.15) is 0 Å². The molecule has 0 aliphatic rings. The number of carbonyl (C=O) groups is 1. The molecule has 5 nitrogen and oxygen atoms in total. The molecule has 3 aromatic rings. The van der Waals surface area contributed by atoms with Crippen LogP contribution in [0.15, 0.2) is 77.7 Å². The van der Waals surface area contributed by atoms with E-state index in [-0.39, 0.29) is 17.3 Å². The van der Waals surface area contributed by atoms with Gasteiger partial charge in [-0.15, -0.1) is 0 Å². The van der Waals surface area contributed by atoms with Gasteiger partial charge in [0.15, 0.2) is 0 Å². The second-order valence-electron chi connectivity index (χ2n) is 6.88. The number of sulfonamides is 1. The molecule has 0 fully saturated rings. The summed E-state index contributed by atoms with van der Waals surface area (Å²) in [6.07, 6.45) is 0. The standard InChI is InChI=1S/C23H23ClN2O3S/c1-3-26(30(28,29)20-14-8-17(2)9-15-20)16-18-10-12-19(13-11-18)23(27)25-22-7-5-4-6-21(22)24/h4-15H,3,16H2,1-2H3,(H,25,27). The number of rotatable bonds is 7. The number of aryl methyl sites for hydroxylation is 1. The predicted octanol–water partition coefficient (Wildman–Crippen LogP) is 5.11. The zero-order chi connectivity index (χ0) is 21.7. The SMILES string of the molecule is CCN(Cc1ccc(C(=O)Nc2ccccc2Cl)cc1)S(=O)(=O)c1ccc(C)cc1. The van der Waals surface area contributed by atoms with Gasteiger partial charge in [-0.05, 0) is 48.9 Å². The summed E-state index contributed by atoms with van der Waals surface area (Å²) in [6, 6.07) is 20.7. The molecule has 0 atom stereocenters. The molecular formula is C23H23ClN2O3S. The lowest BCUT2D eigenvalue weighted by molar-refractivity contribution is 0.102. The first-order chi connectivity index (χ1) is 14.3. The van der Waals surface area contributed by atoms with Crippen molar-refractivity contribution in [3.05, 3.63) is 94.5 Å². The minimum atomic E-state index is -3.60. The van der Waals surface area contributed by atoms with E-state index in [4.69, 9.17) is 11.6 Å². The van der Waals surface area contributed by atoms with Crippen molar-refractivity contribution in [3.63, 3.8) is 0 Å². The first-order valence-corrected chi connectivity index (χ1v) is 11.3. The Balaban J connectivity index is 1.73. The Kier molecular flexibility index (Phi) is 6.92. The van der Waals surface area contributed by atoms with Crippen molar-refractivity contribution < 1.29 is 13.2 Å². The van der Waals surface area contributed by atoms with Crippen LogP contribution in [0.2, 0.25) is 5.02 Å². The highest BCUT2D eigenvalue weighted by atomic mass is 35.5. The fourth-order valence-electron chi connectivity index (χ4n) is 2.95. The van der Waals surface area contributed by atoms with Crippen LogP contribution in [0.25, 0.3) is 0 Å². The van der Waals surface area contributed by atoms with Crippen LogP contribution in [0, 0.1) is 6.92 Å². The van der Waals surface area contributed by atoms with Crippen molar-refractivity contribution in [2.75, 3.05) is 11.9 Å². The molecule has 0 saturated heterocycles. The van der Waals surface area contributed by atoms with Crippen molar-refractivity contribution in [3.8, 4) is 0 Å². The van der Waals surface area contributed by atoms with Gasteiger partial charge < -0.3 is 5.32 Å². The predicted molar refractivity (Wildman–Crippen MR) is 120 cm³/mol. The molecule has 0 heterocycles. The zero-order valence-electron chi connectivity index (χ0n) is 16.8. The van der Waals surface area contributed by atoms with Crippen molar-refractivity contribution in [1.82, 2.24) is 4.31 Å². The molecule has 0 radical (unpaired) electrons. The van der Waals surface area contributed by atoms with Crippen LogP contribution in [0.4, 0.5) is 5.69 Å². The largest absolute Gasteiger partial charge is 0.321 e. The number of halogens is 1. The molecule has 7 heteroatoms. The van der Waals surface area contributed by atoms with E-state index >= 15 is 0 Å². The second-order valence-corrected chi connectivity index (χ2v) is 9.22. The highest BCUT2D eigenvalue weighted by Gasteiger charge is 2.23. The van der Waals surface area contributed by atoms with Gasteiger partial charge in [-0.1, -0.05) is 60.5 Å². The smallest absolute Gasteiger partial charge is 0.255 e. The molecule has 0 aromatic heterocycles. The monoisotopic (exact) mass is 442 g/mol. The summed E-state index contributed by atoms with van der Waals surface area (Å²) in [5, 5.41) is 3.23. The third-order valence-corrected chi connectivity index (χ3v) is 6.97. The Bertz CT molecular complexity index is 1130. The highest BCUT2D eigenvalue weighted by Crippen LogP contribution is 2.22. The first-order valence-electron chi connectivity index (χ1n) is 9.53. The third kappa shape index (κ3) is 5.08. The van der Waals surface area contributed by atoms with Gasteiger partial charge in [0.25, 0.3) is 5.91 Å². The minimum absolute atomic E-state index is 0.221. The normalized spacial score (nSPS) is 11.5. The highest BCUT2D eigenvalue weighted by molar-refractivity contribution is 7.89. The van der Waals surface area contributed by atoms with Gasteiger partial charge in [0, 0.05) is 18.7 Å². The summed E-state index contributed by atoms with van der Waals surface area (Å²) < 4.78 is 27.3. The van der Waals surface area contributed by atoms with Gasteiger partial charge in [-0.3, -0.25) is 4.79 Å². The van der Waals surface area contributed by atoms with E-state index in [2.05, 4.69) is 5.32 Å². The van der Waals surface area contributed by atoms with Gasteiger partial charge >= 0.3 is 0 Å². The second kappa shape index (κ2) is 9.43. The van der Waals surface area contributed by atoms with Crippen molar-refractivity contribution in [2.45, 2.75) is 25.3 Å². The first kappa shape index (κ1) is 22.0. The van der Waals surface area contributed by atoms with Crippen LogP contribution in [0.3, 0.4) is 0 Å². The maximum atomic E-state index is 12.9. The van der Waals surface area contributed by atoms with E-state index in [0.717, 1.165) is 11.1 Å². The van der Waals surface area contributed by atoms with Crippen molar-refractivity contribution >= 4 is 33.2 Å².